The Morgan fingerprint density at radius 1 is 1.04 bits per heavy atom. The highest BCUT2D eigenvalue weighted by atomic mass is 79.9. The van der Waals surface area contributed by atoms with Crippen molar-refractivity contribution in [3.8, 4) is 0 Å². The molecule has 1 saturated heterocycles. The first-order valence-electron chi connectivity index (χ1n) is 8.75. The second-order valence-corrected chi connectivity index (χ2v) is 11.8. The number of hydrogen-bond acceptors (Lipinski definition) is 4. The van der Waals surface area contributed by atoms with E-state index in [4.69, 9.17) is 9.47 Å². The summed E-state index contributed by atoms with van der Waals surface area (Å²) in [5.74, 6) is 2.87. The van der Waals surface area contributed by atoms with Crippen LogP contribution in [0.5, 0.6) is 0 Å². The topological polar surface area (TPSA) is 52.6 Å². The molecule has 1 spiro atoms. The van der Waals surface area contributed by atoms with Crippen molar-refractivity contribution in [3.63, 3.8) is 0 Å². The van der Waals surface area contributed by atoms with Gasteiger partial charge in [0.1, 0.15) is 0 Å². The molecule has 7 fully saturated rings. The number of rotatable bonds is 3. The number of ether oxygens (including phenoxy) is 2. The number of sulfone groups is 1. The minimum Gasteiger partial charge on any atom is -0.346 e. The molecule has 0 radical (unpaired) electrons. The fourth-order valence-electron chi connectivity index (χ4n) is 7.93. The van der Waals surface area contributed by atoms with Gasteiger partial charge in [0, 0.05) is 5.92 Å². The molecule has 8 rings (SSSR count). The molecular formula is C18H17BrO4S. The monoisotopic (exact) mass is 408 g/mol. The molecule has 2 bridgehead atoms. The van der Waals surface area contributed by atoms with Crippen molar-refractivity contribution >= 4 is 25.8 Å². The number of halogens is 1. The lowest BCUT2D eigenvalue weighted by atomic mass is 9.95. The Morgan fingerprint density at radius 3 is 2.33 bits per heavy atom. The summed E-state index contributed by atoms with van der Waals surface area (Å²) in [4.78, 5) is 0.465. The predicted octanol–water partition coefficient (Wildman–Crippen LogP) is 2.09. The molecule has 0 N–H and O–H groups in total. The molecule has 7 aliphatic rings. The van der Waals surface area contributed by atoms with Crippen LogP contribution < -0.4 is 0 Å². The van der Waals surface area contributed by atoms with Crippen LogP contribution in [0.4, 0.5) is 0 Å². The molecule has 0 amide bonds. The van der Waals surface area contributed by atoms with Gasteiger partial charge in [0.25, 0.3) is 0 Å². The SMILES string of the molecule is O=S(=O)(C[C@@]12[C@@H]3[C@H]4[C@@H]5[C@H]1[C@H]2[C@@](Br)([C@@H]43)C51OCCO1)c1ccccc1. The molecule has 1 heterocycles. The molecule has 1 aromatic carbocycles. The van der Waals surface area contributed by atoms with Crippen LogP contribution in [0.1, 0.15) is 0 Å². The molecule has 1 aliphatic heterocycles. The van der Waals surface area contributed by atoms with Gasteiger partial charge in [0.2, 0.25) is 0 Å². The molecule has 4 nitrogen and oxygen atoms in total. The third kappa shape index (κ3) is 1.04. The highest BCUT2D eigenvalue weighted by Crippen LogP contribution is 3.04. The molecule has 0 aromatic heterocycles. The number of alkyl halides is 1. The highest BCUT2D eigenvalue weighted by Gasteiger charge is 3.09. The van der Waals surface area contributed by atoms with Gasteiger partial charge in [-0.15, -0.1) is 0 Å². The van der Waals surface area contributed by atoms with Gasteiger partial charge in [0.15, 0.2) is 15.6 Å². The maximum absolute atomic E-state index is 13.0. The van der Waals surface area contributed by atoms with Crippen LogP contribution in [0.15, 0.2) is 35.2 Å². The van der Waals surface area contributed by atoms with Crippen LogP contribution in [-0.4, -0.2) is 37.5 Å². The van der Waals surface area contributed by atoms with E-state index in [1.54, 1.807) is 12.1 Å². The first-order valence-corrected chi connectivity index (χ1v) is 11.2. The first kappa shape index (κ1) is 13.7. The Labute approximate surface area is 148 Å². The van der Waals surface area contributed by atoms with Gasteiger partial charge in [0.05, 0.1) is 28.2 Å². The molecule has 0 unspecified atom stereocenters. The number of benzene rings is 1. The molecule has 1 aromatic rings. The average Bonchev–Trinajstić information content (AvgIpc) is 3.25. The van der Waals surface area contributed by atoms with Crippen molar-refractivity contribution < 1.29 is 17.9 Å². The normalized spacial score (nSPS) is 56.2. The fourth-order valence-corrected chi connectivity index (χ4v) is 11.7. The lowest BCUT2D eigenvalue weighted by Crippen LogP contribution is -2.50. The lowest BCUT2D eigenvalue weighted by Gasteiger charge is -2.37. The van der Waals surface area contributed by atoms with Crippen LogP contribution in [0.2, 0.25) is 0 Å². The second kappa shape index (κ2) is 3.53. The highest BCUT2D eigenvalue weighted by molar-refractivity contribution is 9.10. The third-order valence-corrected chi connectivity index (χ3v) is 11.6. The largest absolute Gasteiger partial charge is 0.346 e. The summed E-state index contributed by atoms with van der Waals surface area (Å²) in [6.07, 6.45) is 0. The zero-order valence-corrected chi connectivity index (χ0v) is 15.3. The summed E-state index contributed by atoms with van der Waals surface area (Å²) in [5.41, 5.74) is -0.0151. The molecular weight excluding hydrogens is 392 g/mol. The van der Waals surface area contributed by atoms with Crippen molar-refractivity contribution in [2.24, 2.45) is 40.9 Å². The summed E-state index contributed by atoms with van der Waals surface area (Å²) in [7, 11) is -3.24. The molecule has 6 heteroatoms. The smallest absolute Gasteiger partial charge is 0.187 e. The maximum Gasteiger partial charge on any atom is 0.187 e. The number of hydrogen-bond donors (Lipinski definition) is 0. The second-order valence-electron chi connectivity index (χ2n) is 8.48. The van der Waals surface area contributed by atoms with Gasteiger partial charge < -0.3 is 9.47 Å². The van der Waals surface area contributed by atoms with Crippen molar-refractivity contribution in [1.29, 1.82) is 0 Å². The van der Waals surface area contributed by atoms with Crippen LogP contribution in [0.25, 0.3) is 0 Å². The molecule has 24 heavy (non-hydrogen) atoms. The van der Waals surface area contributed by atoms with E-state index in [1.807, 2.05) is 18.2 Å². The summed E-state index contributed by atoms with van der Waals surface area (Å²) in [5, 5.41) is 0. The minimum atomic E-state index is -3.24. The lowest BCUT2D eigenvalue weighted by molar-refractivity contribution is -0.192. The van der Waals surface area contributed by atoms with Gasteiger partial charge in [-0.2, -0.15) is 0 Å². The van der Waals surface area contributed by atoms with E-state index in [1.165, 1.54) is 0 Å². The van der Waals surface area contributed by atoms with Gasteiger partial charge in [-0.05, 0) is 47.1 Å². The third-order valence-electron chi connectivity index (χ3n) is 8.12. The van der Waals surface area contributed by atoms with E-state index < -0.39 is 15.6 Å². The van der Waals surface area contributed by atoms with Crippen LogP contribution >= 0.6 is 15.9 Å². The van der Waals surface area contributed by atoms with Crippen LogP contribution in [0, 0.1) is 40.9 Å². The average molecular weight is 409 g/mol. The van der Waals surface area contributed by atoms with Crippen LogP contribution in [0.3, 0.4) is 0 Å². The van der Waals surface area contributed by atoms with Crippen LogP contribution in [-0.2, 0) is 19.3 Å². The van der Waals surface area contributed by atoms with E-state index in [2.05, 4.69) is 15.9 Å². The Balaban J connectivity index is 1.31. The first-order chi connectivity index (χ1) is 11.5. The Kier molecular flexibility index (Phi) is 2.02. The van der Waals surface area contributed by atoms with Crippen molar-refractivity contribution in [2.75, 3.05) is 19.0 Å². The maximum atomic E-state index is 13.0. The zero-order valence-electron chi connectivity index (χ0n) is 12.9. The van der Waals surface area contributed by atoms with E-state index in [9.17, 15) is 8.42 Å². The van der Waals surface area contributed by atoms with Gasteiger partial charge in [-0.3, -0.25) is 0 Å². The Hall–Kier alpha value is -0.430. The summed E-state index contributed by atoms with van der Waals surface area (Å²) < 4.78 is 38.2. The van der Waals surface area contributed by atoms with E-state index >= 15 is 0 Å². The summed E-state index contributed by atoms with van der Waals surface area (Å²) in [6.45, 7) is 1.34. The van der Waals surface area contributed by atoms with E-state index in [0.717, 1.165) is 0 Å². The van der Waals surface area contributed by atoms with E-state index in [0.29, 0.717) is 59.4 Å². The summed E-state index contributed by atoms with van der Waals surface area (Å²) >= 11 is 4.06. The van der Waals surface area contributed by atoms with Gasteiger partial charge in [-0.1, -0.05) is 34.1 Å². The molecule has 8 atom stereocenters. The van der Waals surface area contributed by atoms with Gasteiger partial charge in [-0.25, -0.2) is 8.42 Å². The molecule has 6 saturated carbocycles. The van der Waals surface area contributed by atoms with Crippen molar-refractivity contribution in [3.05, 3.63) is 30.3 Å². The molecule has 126 valence electrons. The Bertz CT molecular complexity index is 895. The quantitative estimate of drug-likeness (QED) is 0.718. The Morgan fingerprint density at radius 2 is 1.75 bits per heavy atom. The van der Waals surface area contributed by atoms with Gasteiger partial charge >= 0.3 is 0 Å². The summed E-state index contributed by atoms with van der Waals surface area (Å²) in [6, 6.07) is 8.93. The predicted molar refractivity (Wildman–Crippen MR) is 88.2 cm³/mol. The standard InChI is InChI=1S/C18H17BrO4S/c19-17-12-10-11(12)16(8-24(20,21)9-4-2-1-3-5-9)14(15(16)17)13(10)18(17)22-6-7-23-18/h1-5,10-15H,6-8H2/t10-,11-,12+,13-,14+,15-,16-,17+/m1/s1. The van der Waals surface area contributed by atoms with Crippen molar-refractivity contribution in [1.82, 2.24) is 0 Å². The van der Waals surface area contributed by atoms with E-state index in [-0.39, 0.29) is 9.74 Å². The zero-order chi connectivity index (χ0) is 16.1. The molecule has 6 aliphatic carbocycles. The fraction of sp³-hybridized carbons (Fsp3) is 0.667. The minimum absolute atomic E-state index is 0.0151. The van der Waals surface area contributed by atoms with Crippen molar-refractivity contribution in [2.45, 2.75) is 15.0 Å².